The van der Waals surface area contributed by atoms with E-state index >= 15 is 4.39 Å². The van der Waals surface area contributed by atoms with Crippen molar-refractivity contribution in [3.05, 3.63) is 35.9 Å². The number of benzene rings is 1. The summed E-state index contributed by atoms with van der Waals surface area (Å²) in [4.78, 5) is 11.4. The first-order valence-electron chi connectivity index (χ1n) is 9.65. The lowest BCUT2D eigenvalue weighted by Gasteiger charge is -2.41. The average molecular weight is 413 g/mol. The standard InChI is InChI=1S/C21H33FO5Si/c1-15(23)25-19-21(5,22)18(27-28(6,7)20(2,3)4)17(26-19)14-24-13-16-11-9-8-10-12-16/h8-12,17-19H,13-14H2,1-7H3/t17-,18-,19+,21-/m1/s1. The van der Waals surface area contributed by atoms with Crippen LogP contribution in [0, 0.1) is 0 Å². The van der Waals surface area contributed by atoms with Crippen LogP contribution in [0.3, 0.4) is 0 Å². The van der Waals surface area contributed by atoms with Gasteiger partial charge in [-0.2, -0.15) is 0 Å². The molecule has 158 valence electrons. The van der Waals surface area contributed by atoms with Crippen molar-refractivity contribution in [3.63, 3.8) is 0 Å². The van der Waals surface area contributed by atoms with Crippen molar-refractivity contribution in [2.45, 2.75) is 83.5 Å². The topological polar surface area (TPSA) is 54.0 Å². The van der Waals surface area contributed by atoms with Gasteiger partial charge >= 0.3 is 5.97 Å². The molecule has 1 heterocycles. The molecule has 1 aliphatic heterocycles. The molecule has 4 atom stereocenters. The van der Waals surface area contributed by atoms with Gasteiger partial charge in [-0.05, 0) is 30.6 Å². The Morgan fingerprint density at radius 1 is 1.25 bits per heavy atom. The molecular formula is C21H33FO5Si. The zero-order chi connectivity index (χ0) is 21.2. The van der Waals surface area contributed by atoms with E-state index in [2.05, 4.69) is 33.9 Å². The van der Waals surface area contributed by atoms with Crippen LogP contribution in [0.1, 0.15) is 40.2 Å². The third-order valence-electron chi connectivity index (χ3n) is 5.55. The van der Waals surface area contributed by atoms with Crippen LogP contribution >= 0.6 is 0 Å². The summed E-state index contributed by atoms with van der Waals surface area (Å²) in [5, 5.41) is -0.0992. The summed E-state index contributed by atoms with van der Waals surface area (Å²) in [5.74, 6) is -0.592. The zero-order valence-electron chi connectivity index (χ0n) is 18.0. The van der Waals surface area contributed by atoms with Crippen LogP contribution in [-0.4, -0.2) is 45.1 Å². The van der Waals surface area contributed by atoms with Gasteiger partial charge in [0.1, 0.15) is 12.2 Å². The van der Waals surface area contributed by atoms with E-state index in [4.69, 9.17) is 18.6 Å². The monoisotopic (exact) mass is 412 g/mol. The maximum atomic E-state index is 15.7. The van der Waals surface area contributed by atoms with E-state index in [0.29, 0.717) is 6.61 Å². The molecule has 0 bridgehead atoms. The second-order valence-corrected chi connectivity index (χ2v) is 13.8. The number of carbonyl (C=O) groups excluding carboxylic acids is 1. The van der Waals surface area contributed by atoms with Crippen molar-refractivity contribution in [2.75, 3.05) is 6.61 Å². The average Bonchev–Trinajstić information content (AvgIpc) is 2.78. The van der Waals surface area contributed by atoms with Gasteiger partial charge in [-0.25, -0.2) is 4.39 Å². The molecule has 0 radical (unpaired) electrons. The minimum absolute atomic E-state index is 0.0992. The lowest BCUT2D eigenvalue weighted by Crippen LogP contribution is -2.53. The molecule has 0 N–H and O–H groups in total. The highest BCUT2D eigenvalue weighted by Crippen LogP contribution is 2.44. The summed E-state index contributed by atoms with van der Waals surface area (Å²) < 4.78 is 38.7. The number of ether oxygens (including phenoxy) is 3. The van der Waals surface area contributed by atoms with E-state index in [9.17, 15) is 4.79 Å². The molecule has 1 fully saturated rings. The van der Waals surface area contributed by atoms with Crippen LogP contribution in [0.5, 0.6) is 0 Å². The van der Waals surface area contributed by atoms with Crippen LogP contribution in [-0.2, 0) is 30.0 Å². The molecule has 7 heteroatoms. The van der Waals surface area contributed by atoms with Crippen molar-refractivity contribution in [1.82, 2.24) is 0 Å². The first kappa shape index (κ1) is 23.0. The second kappa shape index (κ2) is 8.61. The predicted octanol–water partition coefficient (Wildman–Crippen LogP) is 4.61. The number of halogens is 1. The first-order valence-corrected chi connectivity index (χ1v) is 12.6. The number of hydrogen-bond acceptors (Lipinski definition) is 5. The van der Waals surface area contributed by atoms with Gasteiger partial charge in [0.25, 0.3) is 0 Å². The number of alkyl halides is 1. The number of esters is 1. The van der Waals surface area contributed by atoms with Crippen molar-refractivity contribution in [1.29, 1.82) is 0 Å². The highest BCUT2D eigenvalue weighted by atomic mass is 28.4. The number of carbonyl (C=O) groups is 1. The van der Waals surface area contributed by atoms with E-state index in [1.54, 1.807) is 0 Å². The molecule has 0 unspecified atom stereocenters. The van der Waals surface area contributed by atoms with E-state index in [0.717, 1.165) is 5.56 Å². The molecule has 2 rings (SSSR count). The Kier molecular flexibility index (Phi) is 7.07. The molecule has 0 aromatic heterocycles. The van der Waals surface area contributed by atoms with Gasteiger partial charge in [0.05, 0.1) is 13.2 Å². The maximum Gasteiger partial charge on any atom is 0.305 e. The molecule has 0 amide bonds. The third-order valence-corrected chi connectivity index (χ3v) is 10.0. The van der Waals surface area contributed by atoms with Gasteiger partial charge in [0, 0.05) is 6.92 Å². The fourth-order valence-corrected chi connectivity index (χ4v) is 4.20. The van der Waals surface area contributed by atoms with Gasteiger partial charge in [-0.15, -0.1) is 0 Å². The van der Waals surface area contributed by atoms with Crippen molar-refractivity contribution in [2.24, 2.45) is 0 Å². The maximum absolute atomic E-state index is 15.7. The molecule has 1 aliphatic rings. The molecule has 0 aliphatic carbocycles. The van der Waals surface area contributed by atoms with Crippen LogP contribution in [0.2, 0.25) is 18.1 Å². The Bertz CT molecular complexity index is 657. The van der Waals surface area contributed by atoms with Crippen LogP contribution in [0.4, 0.5) is 4.39 Å². The lowest BCUT2D eigenvalue weighted by atomic mass is 10.00. The van der Waals surface area contributed by atoms with Gasteiger partial charge < -0.3 is 18.6 Å². The highest BCUT2D eigenvalue weighted by molar-refractivity contribution is 6.74. The minimum Gasteiger partial charge on any atom is -0.432 e. The minimum atomic E-state index is -2.29. The van der Waals surface area contributed by atoms with E-state index in [-0.39, 0.29) is 11.6 Å². The summed E-state index contributed by atoms with van der Waals surface area (Å²) in [6, 6.07) is 9.72. The fourth-order valence-electron chi connectivity index (χ4n) is 2.83. The van der Waals surface area contributed by atoms with Gasteiger partial charge in [0.2, 0.25) is 6.29 Å². The Morgan fingerprint density at radius 3 is 2.39 bits per heavy atom. The molecule has 5 nitrogen and oxygen atoms in total. The summed E-state index contributed by atoms with van der Waals surface area (Å²) in [6.45, 7) is 13.5. The molecule has 0 spiro atoms. The highest BCUT2D eigenvalue weighted by Gasteiger charge is 2.59. The fraction of sp³-hybridized carbons (Fsp3) is 0.667. The van der Waals surface area contributed by atoms with Crippen LogP contribution < -0.4 is 0 Å². The molecule has 1 aromatic carbocycles. The summed E-state index contributed by atoms with van der Waals surface area (Å²) in [5.41, 5.74) is -0.955. The molecule has 1 aromatic rings. The third kappa shape index (κ3) is 5.41. The van der Waals surface area contributed by atoms with Crippen molar-refractivity contribution in [3.8, 4) is 0 Å². The van der Waals surface area contributed by atoms with Gasteiger partial charge in [-0.1, -0.05) is 51.1 Å². The zero-order valence-corrected chi connectivity index (χ0v) is 19.0. The van der Waals surface area contributed by atoms with Gasteiger partial charge in [-0.3, -0.25) is 4.79 Å². The van der Waals surface area contributed by atoms with Crippen LogP contribution in [0.15, 0.2) is 30.3 Å². The van der Waals surface area contributed by atoms with E-state index in [1.807, 2.05) is 30.3 Å². The van der Waals surface area contributed by atoms with Gasteiger partial charge in [0.15, 0.2) is 14.0 Å². The van der Waals surface area contributed by atoms with Crippen molar-refractivity contribution < 1.29 is 27.8 Å². The molecular weight excluding hydrogens is 379 g/mol. The number of hydrogen-bond donors (Lipinski definition) is 0. The quantitative estimate of drug-likeness (QED) is 0.483. The molecule has 28 heavy (non-hydrogen) atoms. The SMILES string of the molecule is CC(=O)O[C@H]1O[C@H](COCc2ccccc2)[C@@H](O[Si](C)(C)C(C)(C)C)[C@@]1(C)F. The van der Waals surface area contributed by atoms with Crippen molar-refractivity contribution >= 4 is 14.3 Å². The molecule has 1 saturated heterocycles. The first-order chi connectivity index (χ1) is 12.8. The smallest absolute Gasteiger partial charge is 0.305 e. The summed E-state index contributed by atoms with van der Waals surface area (Å²) >= 11 is 0. The van der Waals surface area contributed by atoms with E-state index in [1.165, 1.54) is 13.8 Å². The van der Waals surface area contributed by atoms with E-state index < -0.39 is 38.5 Å². The largest absolute Gasteiger partial charge is 0.432 e. The normalized spacial score (nSPS) is 28.4. The lowest BCUT2D eigenvalue weighted by molar-refractivity contribution is -0.194. The predicted molar refractivity (Wildman–Crippen MR) is 108 cm³/mol. The Labute approximate surface area is 168 Å². The number of rotatable bonds is 7. The summed E-state index contributed by atoms with van der Waals surface area (Å²) in [7, 11) is -2.29. The molecule has 0 saturated carbocycles. The van der Waals surface area contributed by atoms with Crippen LogP contribution in [0.25, 0.3) is 0 Å². The Hall–Kier alpha value is -1.28. The Morgan fingerprint density at radius 2 is 1.86 bits per heavy atom. The second-order valence-electron chi connectivity index (χ2n) is 9.07. The summed E-state index contributed by atoms with van der Waals surface area (Å²) in [6.07, 6.45) is -2.87. The Balaban J connectivity index is 2.15.